The van der Waals surface area contributed by atoms with Crippen molar-refractivity contribution in [1.82, 2.24) is 24.9 Å². The van der Waals surface area contributed by atoms with Crippen LogP contribution >= 0.6 is 0 Å². The van der Waals surface area contributed by atoms with E-state index in [9.17, 15) is 44.1 Å². The van der Waals surface area contributed by atoms with E-state index in [2.05, 4.69) is 5.32 Å². The molecule has 4 aliphatic heterocycles. The molecule has 330 valence electrons. The number of aliphatic hydroxyl groups is 2. The minimum atomic E-state index is -1.33. The zero-order valence-corrected chi connectivity index (χ0v) is 36.8. The highest BCUT2D eigenvalue weighted by atomic mass is 16.6. The number of amides is 5. The summed E-state index contributed by atoms with van der Waals surface area (Å²) in [5.74, 6) is -1.78. The summed E-state index contributed by atoms with van der Waals surface area (Å²) in [5.41, 5.74) is -2.69. The van der Waals surface area contributed by atoms with Crippen LogP contribution in [-0.2, 0) is 35.2 Å². The summed E-state index contributed by atoms with van der Waals surface area (Å²) < 4.78 is 16.2. The molecule has 17 heteroatoms. The molecule has 0 aliphatic carbocycles. The fourth-order valence-electron chi connectivity index (χ4n) is 9.08. The second-order valence-electron chi connectivity index (χ2n) is 18.4. The van der Waals surface area contributed by atoms with E-state index in [1.54, 1.807) is 67.7 Å². The highest BCUT2D eigenvalue weighted by Crippen LogP contribution is 2.50. The summed E-state index contributed by atoms with van der Waals surface area (Å²) in [6, 6.07) is 3.54. The van der Waals surface area contributed by atoms with Crippen molar-refractivity contribution in [3.63, 3.8) is 0 Å². The number of hydrogen-bond acceptors (Lipinski definition) is 11. The molecule has 0 aromatic heterocycles. The number of carboxylic acid groups (broad SMARTS) is 1. The molecule has 2 spiro atoms. The Morgan fingerprint density at radius 3 is 1.46 bits per heavy atom. The summed E-state index contributed by atoms with van der Waals surface area (Å²) in [6.07, 6.45) is -1.17. The van der Waals surface area contributed by atoms with Gasteiger partial charge in [-0.3, -0.25) is 24.2 Å². The van der Waals surface area contributed by atoms with E-state index in [1.807, 2.05) is 32.9 Å². The Labute approximate surface area is 347 Å². The Hall–Kier alpha value is -4.64. The average Bonchev–Trinajstić information content (AvgIpc) is 3.69. The Bertz CT molecular complexity index is 1760. The van der Waals surface area contributed by atoms with E-state index in [-0.39, 0.29) is 24.5 Å². The van der Waals surface area contributed by atoms with Crippen molar-refractivity contribution in [1.29, 1.82) is 0 Å². The quantitative estimate of drug-likeness (QED) is 0.263. The molecule has 5 amide bonds. The topological polar surface area (TPSA) is 216 Å². The molecule has 4 heterocycles. The number of β-lactam (4-membered cyclic amide) rings is 2. The lowest BCUT2D eigenvalue weighted by atomic mass is 9.75. The molecule has 5 rings (SSSR count). The summed E-state index contributed by atoms with van der Waals surface area (Å²) >= 11 is 0. The Kier molecular flexibility index (Phi) is 13.7. The van der Waals surface area contributed by atoms with Crippen LogP contribution in [0.15, 0.2) is 24.3 Å². The van der Waals surface area contributed by atoms with Gasteiger partial charge in [0.1, 0.15) is 34.1 Å². The fourth-order valence-corrected chi connectivity index (χ4v) is 9.08. The number of likely N-dealkylation sites (tertiary alicyclic amines) is 4. The summed E-state index contributed by atoms with van der Waals surface area (Å²) in [7, 11) is 1.58. The van der Waals surface area contributed by atoms with Gasteiger partial charge in [-0.1, -0.05) is 12.1 Å². The minimum Gasteiger partial charge on any atom is -0.497 e. The molecule has 1 aromatic carbocycles. The lowest BCUT2D eigenvalue weighted by molar-refractivity contribution is -0.188. The molecule has 4 aliphatic rings. The van der Waals surface area contributed by atoms with Gasteiger partial charge in [-0.05, 0) is 126 Å². The number of rotatable bonds is 9. The van der Waals surface area contributed by atoms with Gasteiger partial charge in [0, 0.05) is 18.6 Å². The molecule has 4 N–H and O–H groups in total. The number of methoxy groups -OCH3 is 1. The monoisotopic (exact) mass is 831 g/mol. The van der Waals surface area contributed by atoms with Crippen LogP contribution < -0.4 is 10.1 Å². The molecule has 4 saturated heterocycles. The number of aliphatic hydroxyl groups excluding tert-OH is 2. The number of nitrogens with zero attached hydrogens (tertiary/aromatic N) is 4. The highest BCUT2D eigenvalue weighted by Gasteiger charge is 2.70. The summed E-state index contributed by atoms with van der Waals surface area (Å²) in [6.45, 7) is 21.0. The smallest absolute Gasteiger partial charge is 0.411 e. The van der Waals surface area contributed by atoms with Crippen molar-refractivity contribution in [2.45, 2.75) is 186 Å². The predicted molar refractivity (Wildman–Crippen MR) is 215 cm³/mol. The number of carbonyl (C=O) groups is 6. The highest BCUT2D eigenvalue weighted by molar-refractivity contribution is 6.01. The predicted octanol–water partition coefficient (Wildman–Crippen LogP) is 3.66. The number of ether oxygens (including phenoxy) is 3. The van der Waals surface area contributed by atoms with E-state index >= 15 is 0 Å². The molecule has 6 unspecified atom stereocenters. The molecule has 17 nitrogen and oxygen atoms in total. The third kappa shape index (κ3) is 8.82. The van der Waals surface area contributed by atoms with Crippen molar-refractivity contribution < 1.29 is 58.3 Å². The van der Waals surface area contributed by atoms with Gasteiger partial charge in [0.25, 0.3) is 11.8 Å². The number of hydrogen-bond donors (Lipinski definition) is 4. The molecular weight excluding hydrogens is 766 g/mol. The fraction of sp³-hybridized carbons (Fsp3) is 0.714. The van der Waals surface area contributed by atoms with E-state index in [0.29, 0.717) is 31.4 Å². The number of nitrogens with one attached hydrogen (secondary N) is 1. The first-order valence-electron chi connectivity index (χ1n) is 20.4. The number of carboxylic acids is 1. The average molecular weight is 832 g/mol. The molecule has 0 saturated carbocycles. The van der Waals surface area contributed by atoms with Crippen LogP contribution in [0.3, 0.4) is 0 Å². The molecule has 4 fully saturated rings. The van der Waals surface area contributed by atoms with E-state index in [1.165, 1.54) is 33.4 Å². The van der Waals surface area contributed by atoms with Gasteiger partial charge < -0.3 is 44.6 Å². The number of carbonyl (C=O) groups excluding carboxylic acids is 5. The first-order chi connectivity index (χ1) is 27.2. The van der Waals surface area contributed by atoms with Crippen molar-refractivity contribution in [2.75, 3.05) is 7.11 Å². The normalized spacial score (nSPS) is 28.5. The maximum atomic E-state index is 13.6. The third-order valence-electron chi connectivity index (χ3n) is 11.9. The van der Waals surface area contributed by atoms with Crippen molar-refractivity contribution >= 4 is 35.9 Å². The third-order valence-corrected chi connectivity index (χ3v) is 11.9. The van der Waals surface area contributed by atoms with Crippen LogP contribution in [0.5, 0.6) is 5.75 Å². The van der Waals surface area contributed by atoms with Gasteiger partial charge in [-0.2, -0.15) is 0 Å². The summed E-state index contributed by atoms with van der Waals surface area (Å²) in [5, 5.41) is 32.4. The minimum absolute atomic E-state index is 0.169. The summed E-state index contributed by atoms with van der Waals surface area (Å²) in [4.78, 5) is 82.4. The van der Waals surface area contributed by atoms with Gasteiger partial charge in [-0.15, -0.1) is 0 Å². The number of aliphatic carboxylic acids is 1. The molecule has 10 atom stereocenters. The zero-order chi connectivity index (χ0) is 44.7. The van der Waals surface area contributed by atoms with Gasteiger partial charge in [0.05, 0.1) is 31.4 Å². The van der Waals surface area contributed by atoms with E-state index < -0.39 is 88.6 Å². The standard InChI is InChI=1S/C25H37N3O6.C17H28N2O6/c1-15-12-13-25(28(15)23(32)34-24(4,5)6)17(3)27(22(25)31)20(16(2)29)21(30)26-14-18-8-10-19(33-7)11-9-18;1-9-7-8-17(19(9)15(24)25-16(4,5)6)11(3)18(14(17)23)12(10(2)20)13(21)22/h8-11,15-17,20,29H,12-14H2,1-7H3,(H,26,30);9-12,20H,7-8H2,1-6H3,(H,21,22)/t15?,16-,17?,20+,25?;9?,10-,11?,12+,17?/m11/s1. The van der Waals surface area contributed by atoms with Crippen LogP contribution in [0.25, 0.3) is 0 Å². The molecule has 1 aromatic rings. The molecule has 0 bridgehead atoms. The van der Waals surface area contributed by atoms with Crippen molar-refractivity contribution in [3.8, 4) is 5.75 Å². The maximum absolute atomic E-state index is 13.6. The van der Waals surface area contributed by atoms with Gasteiger partial charge in [0.2, 0.25) is 5.91 Å². The Balaban J connectivity index is 0.000000273. The van der Waals surface area contributed by atoms with Crippen LogP contribution in [0.1, 0.15) is 114 Å². The molecular formula is C42H65N5O12. The molecule has 59 heavy (non-hydrogen) atoms. The second kappa shape index (κ2) is 17.1. The first-order valence-corrected chi connectivity index (χ1v) is 20.4. The van der Waals surface area contributed by atoms with Crippen LogP contribution in [0.4, 0.5) is 9.59 Å². The molecule has 0 radical (unpaired) electrons. The second-order valence-corrected chi connectivity index (χ2v) is 18.4. The first kappa shape index (κ1) is 47.0. The Morgan fingerprint density at radius 2 is 1.14 bits per heavy atom. The SMILES string of the molecule is CC1CCC2(C(=O)N([C@H](C(=O)O)[C@@H](C)O)C2C)N1C(=O)OC(C)(C)C.COc1ccc(CNC(=O)[C@H]([C@@H](C)O)N2C(=O)C3(CCC(C)N3C(=O)OC(C)(C)C)C2C)cc1. The van der Waals surface area contributed by atoms with Crippen molar-refractivity contribution in [3.05, 3.63) is 29.8 Å². The zero-order valence-electron chi connectivity index (χ0n) is 36.8. The van der Waals surface area contributed by atoms with Crippen LogP contribution in [0, 0.1) is 0 Å². The largest absolute Gasteiger partial charge is 0.497 e. The van der Waals surface area contributed by atoms with E-state index in [0.717, 1.165) is 5.56 Å². The van der Waals surface area contributed by atoms with Crippen LogP contribution in [0.2, 0.25) is 0 Å². The lowest BCUT2D eigenvalue weighted by Gasteiger charge is -2.59. The van der Waals surface area contributed by atoms with E-state index in [4.69, 9.17) is 14.2 Å². The maximum Gasteiger partial charge on any atom is 0.411 e. The van der Waals surface area contributed by atoms with Gasteiger partial charge in [0.15, 0.2) is 6.04 Å². The van der Waals surface area contributed by atoms with Crippen LogP contribution in [-0.4, -0.2) is 149 Å². The Morgan fingerprint density at radius 1 is 0.746 bits per heavy atom. The van der Waals surface area contributed by atoms with Crippen molar-refractivity contribution in [2.24, 2.45) is 0 Å². The van der Waals surface area contributed by atoms with Gasteiger partial charge >= 0.3 is 18.2 Å². The van der Waals surface area contributed by atoms with Gasteiger partial charge in [-0.25, -0.2) is 14.4 Å². The lowest BCUT2D eigenvalue weighted by Crippen LogP contribution is -2.82. The number of benzene rings is 1.